The number of aromatic nitrogens is 1. The van der Waals surface area contributed by atoms with Crippen LogP contribution in [0.1, 0.15) is 46.2 Å². The Morgan fingerprint density at radius 3 is 2.42 bits per heavy atom. The van der Waals surface area contributed by atoms with Gasteiger partial charge in [-0.1, -0.05) is 33.8 Å². The molecule has 1 N–H and O–H groups in total. The Hall–Kier alpha value is -1.09. The number of nitrogens with one attached hydrogen (secondary N) is 1. The second-order valence-electron chi connectivity index (χ2n) is 5.53. The topological polar surface area (TPSA) is 28.2 Å². The fourth-order valence-corrected chi connectivity index (χ4v) is 2.46. The molecule has 19 heavy (non-hydrogen) atoms. The van der Waals surface area contributed by atoms with Crippen LogP contribution in [0.4, 0.5) is 5.82 Å². The summed E-state index contributed by atoms with van der Waals surface area (Å²) in [6.07, 6.45) is 2.34. The van der Waals surface area contributed by atoms with E-state index in [1.807, 2.05) is 7.05 Å². The highest BCUT2D eigenvalue weighted by atomic mass is 15.2. The van der Waals surface area contributed by atoms with Crippen molar-refractivity contribution in [3.63, 3.8) is 0 Å². The van der Waals surface area contributed by atoms with Gasteiger partial charge in [-0.3, -0.25) is 0 Å². The minimum Gasteiger partial charge on any atom is -0.353 e. The van der Waals surface area contributed by atoms with E-state index in [1.165, 1.54) is 12.8 Å². The van der Waals surface area contributed by atoms with Gasteiger partial charge in [0.05, 0.1) is 5.69 Å². The Morgan fingerprint density at radius 1 is 1.21 bits per heavy atom. The standard InChI is InChI=1S/C16H29N3/c1-6-15(7-2)19(12-13(3)4)16-10-8-9-14(18-16)11-17-5/h8-10,13,15,17H,6-7,11-12H2,1-5H3. The summed E-state index contributed by atoms with van der Waals surface area (Å²) in [5.41, 5.74) is 1.11. The highest BCUT2D eigenvalue weighted by Crippen LogP contribution is 2.20. The van der Waals surface area contributed by atoms with Gasteiger partial charge in [-0.15, -0.1) is 0 Å². The first-order valence-electron chi connectivity index (χ1n) is 7.49. The Balaban J connectivity index is 2.98. The SMILES string of the molecule is CCC(CC)N(CC(C)C)c1cccc(CNC)n1. The van der Waals surface area contributed by atoms with Crippen molar-refractivity contribution in [2.45, 2.75) is 53.1 Å². The molecule has 0 aromatic carbocycles. The number of nitrogens with zero attached hydrogens (tertiary/aromatic N) is 2. The molecular weight excluding hydrogens is 234 g/mol. The lowest BCUT2D eigenvalue weighted by atomic mass is 10.1. The Labute approximate surface area is 118 Å². The number of hydrogen-bond donors (Lipinski definition) is 1. The number of anilines is 1. The van der Waals surface area contributed by atoms with Gasteiger partial charge in [0.25, 0.3) is 0 Å². The van der Waals surface area contributed by atoms with Crippen LogP contribution in [0, 0.1) is 5.92 Å². The molecule has 0 atom stereocenters. The predicted molar refractivity (Wildman–Crippen MR) is 83.6 cm³/mol. The van der Waals surface area contributed by atoms with Crippen molar-refractivity contribution >= 4 is 5.82 Å². The number of rotatable bonds is 8. The maximum Gasteiger partial charge on any atom is 0.129 e. The summed E-state index contributed by atoms with van der Waals surface area (Å²) < 4.78 is 0. The van der Waals surface area contributed by atoms with Crippen molar-refractivity contribution in [2.24, 2.45) is 5.92 Å². The molecule has 0 saturated carbocycles. The normalized spacial score (nSPS) is 11.3. The molecule has 1 heterocycles. The van der Waals surface area contributed by atoms with Crippen LogP contribution in [0.3, 0.4) is 0 Å². The first-order valence-corrected chi connectivity index (χ1v) is 7.49. The molecule has 0 aliphatic rings. The lowest BCUT2D eigenvalue weighted by molar-refractivity contribution is 0.502. The zero-order chi connectivity index (χ0) is 14.3. The lowest BCUT2D eigenvalue weighted by Crippen LogP contribution is -2.38. The summed E-state index contributed by atoms with van der Waals surface area (Å²) in [4.78, 5) is 7.27. The molecule has 0 spiro atoms. The van der Waals surface area contributed by atoms with Crippen molar-refractivity contribution in [1.29, 1.82) is 0 Å². The smallest absolute Gasteiger partial charge is 0.129 e. The van der Waals surface area contributed by atoms with Crippen molar-refractivity contribution in [1.82, 2.24) is 10.3 Å². The van der Waals surface area contributed by atoms with Crippen LogP contribution in [-0.2, 0) is 6.54 Å². The van der Waals surface area contributed by atoms with Gasteiger partial charge in [0, 0.05) is 19.1 Å². The van der Waals surface area contributed by atoms with Crippen LogP contribution in [0.15, 0.2) is 18.2 Å². The lowest BCUT2D eigenvalue weighted by Gasteiger charge is -2.33. The van der Waals surface area contributed by atoms with E-state index in [-0.39, 0.29) is 0 Å². The molecule has 0 radical (unpaired) electrons. The van der Waals surface area contributed by atoms with Gasteiger partial charge in [0.15, 0.2) is 0 Å². The van der Waals surface area contributed by atoms with Crippen LogP contribution < -0.4 is 10.2 Å². The summed E-state index contributed by atoms with van der Waals surface area (Å²) in [6, 6.07) is 6.92. The zero-order valence-corrected chi connectivity index (χ0v) is 13.1. The molecule has 0 aliphatic carbocycles. The highest BCUT2D eigenvalue weighted by Gasteiger charge is 2.18. The maximum absolute atomic E-state index is 4.80. The molecule has 0 bridgehead atoms. The third-order valence-corrected chi connectivity index (χ3v) is 3.39. The molecule has 108 valence electrons. The van der Waals surface area contributed by atoms with E-state index in [4.69, 9.17) is 4.98 Å². The van der Waals surface area contributed by atoms with Crippen LogP contribution in [0.5, 0.6) is 0 Å². The molecule has 1 aromatic rings. The Bertz CT molecular complexity index is 359. The molecule has 0 fully saturated rings. The summed E-state index contributed by atoms with van der Waals surface area (Å²) in [7, 11) is 1.96. The molecule has 3 heteroatoms. The van der Waals surface area contributed by atoms with E-state index in [0.717, 1.165) is 24.6 Å². The number of pyridine rings is 1. The molecule has 0 amide bonds. The molecule has 0 saturated heterocycles. The fraction of sp³-hybridized carbons (Fsp3) is 0.688. The van der Waals surface area contributed by atoms with Crippen molar-refractivity contribution in [3.05, 3.63) is 23.9 Å². The average Bonchev–Trinajstić information content (AvgIpc) is 2.39. The monoisotopic (exact) mass is 263 g/mol. The molecule has 3 nitrogen and oxygen atoms in total. The van der Waals surface area contributed by atoms with Gasteiger partial charge >= 0.3 is 0 Å². The van der Waals surface area contributed by atoms with Crippen LogP contribution in [0.25, 0.3) is 0 Å². The van der Waals surface area contributed by atoms with Crippen LogP contribution in [-0.4, -0.2) is 24.6 Å². The fourth-order valence-electron chi connectivity index (χ4n) is 2.46. The Kier molecular flexibility index (Phi) is 6.85. The molecule has 1 aromatic heterocycles. The zero-order valence-electron chi connectivity index (χ0n) is 13.1. The molecule has 0 unspecified atom stereocenters. The van der Waals surface area contributed by atoms with Gasteiger partial charge < -0.3 is 10.2 Å². The highest BCUT2D eigenvalue weighted by molar-refractivity contribution is 5.40. The van der Waals surface area contributed by atoms with Gasteiger partial charge in [-0.25, -0.2) is 4.98 Å². The van der Waals surface area contributed by atoms with Crippen molar-refractivity contribution in [3.8, 4) is 0 Å². The van der Waals surface area contributed by atoms with Crippen molar-refractivity contribution < 1.29 is 0 Å². The summed E-state index contributed by atoms with van der Waals surface area (Å²) >= 11 is 0. The Morgan fingerprint density at radius 2 is 1.89 bits per heavy atom. The predicted octanol–water partition coefficient (Wildman–Crippen LogP) is 3.45. The summed E-state index contributed by atoms with van der Waals surface area (Å²) in [5, 5.41) is 3.17. The second kappa shape index (κ2) is 8.16. The first kappa shape index (κ1) is 16.0. The minimum atomic E-state index is 0.583. The molecular formula is C16H29N3. The largest absolute Gasteiger partial charge is 0.353 e. The van der Waals surface area contributed by atoms with E-state index in [1.54, 1.807) is 0 Å². The van der Waals surface area contributed by atoms with E-state index in [2.05, 4.69) is 56.1 Å². The van der Waals surface area contributed by atoms with Crippen molar-refractivity contribution in [2.75, 3.05) is 18.5 Å². The molecule has 1 rings (SSSR count). The van der Waals surface area contributed by atoms with E-state index < -0.39 is 0 Å². The third-order valence-electron chi connectivity index (χ3n) is 3.39. The maximum atomic E-state index is 4.80. The van der Waals surface area contributed by atoms with E-state index >= 15 is 0 Å². The molecule has 0 aliphatic heterocycles. The van der Waals surface area contributed by atoms with Crippen LogP contribution in [0.2, 0.25) is 0 Å². The van der Waals surface area contributed by atoms with Crippen LogP contribution >= 0.6 is 0 Å². The quantitative estimate of drug-likeness (QED) is 0.778. The number of hydrogen-bond acceptors (Lipinski definition) is 3. The van der Waals surface area contributed by atoms with Gasteiger partial charge in [-0.2, -0.15) is 0 Å². The summed E-state index contributed by atoms with van der Waals surface area (Å²) in [5.74, 6) is 1.77. The second-order valence-corrected chi connectivity index (χ2v) is 5.53. The van der Waals surface area contributed by atoms with Gasteiger partial charge in [0.2, 0.25) is 0 Å². The first-order chi connectivity index (χ1) is 9.12. The average molecular weight is 263 g/mol. The van der Waals surface area contributed by atoms with Gasteiger partial charge in [0.1, 0.15) is 5.82 Å². The summed E-state index contributed by atoms with van der Waals surface area (Å²) in [6.45, 7) is 11.0. The third kappa shape index (κ3) is 4.83. The minimum absolute atomic E-state index is 0.583. The van der Waals surface area contributed by atoms with E-state index in [0.29, 0.717) is 12.0 Å². The van der Waals surface area contributed by atoms with Gasteiger partial charge in [-0.05, 0) is 37.9 Å². The van der Waals surface area contributed by atoms with E-state index in [9.17, 15) is 0 Å².